The van der Waals surface area contributed by atoms with E-state index in [1.165, 1.54) is 0 Å². The van der Waals surface area contributed by atoms with Gasteiger partial charge in [0.05, 0.1) is 11.1 Å². The fourth-order valence-electron chi connectivity index (χ4n) is 3.82. The summed E-state index contributed by atoms with van der Waals surface area (Å²) < 4.78 is 394. The van der Waals surface area contributed by atoms with Crippen LogP contribution in [0.15, 0.2) is 36.5 Å². The molecule has 0 aliphatic rings. The van der Waals surface area contributed by atoms with E-state index in [1.54, 1.807) is 4.98 Å². The molecule has 0 saturated carbocycles. The first-order chi connectivity index (χ1) is 23.3. The highest BCUT2D eigenvalue weighted by molar-refractivity contribution is 5.69. The van der Waals surface area contributed by atoms with E-state index in [1.807, 2.05) is 0 Å². The number of pyridine rings is 1. The molecule has 30 heteroatoms. The summed E-state index contributed by atoms with van der Waals surface area (Å²) in [6.45, 7) is 0. The minimum atomic E-state index is -8.70. The van der Waals surface area contributed by atoms with Gasteiger partial charge in [-0.2, -0.15) is 127 Å². The van der Waals surface area contributed by atoms with E-state index in [2.05, 4.69) is 0 Å². The smallest absolute Gasteiger partial charge is 0.254 e. The van der Waals surface area contributed by atoms with Crippen molar-refractivity contribution in [2.24, 2.45) is 0 Å². The normalized spacial score (nSPS) is 15.9. The van der Waals surface area contributed by atoms with Crippen molar-refractivity contribution in [2.45, 2.75) is 77.8 Å². The van der Waals surface area contributed by atoms with E-state index in [9.17, 15) is 119 Å². The van der Waals surface area contributed by atoms with Gasteiger partial charge in [-0.15, -0.1) is 0 Å². The Kier molecular flexibility index (Phi) is 10.7. The lowest BCUT2D eigenvalue weighted by atomic mass is 9.86. The van der Waals surface area contributed by atoms with Crippen LogP contribution in [0.3, 0.4) is 0 Å². The molecule has 0 N–H and O–H groups in total. The highest BCUT2D eigenvalue weighted by Crippen LogP contribution is 2.64. The third-order valence-corrected chi connectivity index (χ3v) is 6.95. The highest BCUT2D eigenvalue weighted by Gasteiger charge is 2.92. The van der Waals surface area contributed by atoms with E-state index >= 15 is 8.78 Å². The number of alkyl halides is 29. The molecule has 310 valence electrons. The van der Waals surface area contributed by atoms with E-state index in [0.717, 1.165) is 0 Å². The van der Waals surface area contributed by atoms with Crippen molar-refractivity contribution in [2.75, 3.05) is 0 Å². The van der Waals surface area contributed by atoms with Crippen molar-refractivity contribution in [1.29, 1.82) is 0 Å². The van der Waals surface area contributed by atoms with Crippen molar-refractivity contribution in [3.63, 3.8) is 0 Å². The van der Waals surface area contributed by atoms with Gasteiger partial charge >= 0.3 is 77.8 Å². The molecule has 0 atom stereocenters. The molecule has 0 aliphatic heterocycles. The Balaban J connectivity index is 3.06. The molecule has 0 bridgehead atoms. The third kappa shape index (κ3) is 6.28. The molecule has 1 aromatic carbocycles. The Morgan fingerprint density at radius 3 is 0.981 bits per heavy atom. The molecule has 0 amide bonds. The van der Waals surface area contributed by atoms with Crippen LogP contribution in [0.4, 0.5) is 127 Å². The second kappa shape index (κ2) is 12.4. The Bertz CT molecular complexity index is 1670. The summed E-state index contributed by atoms with van der Waals surface area (Å²) in [5.41, 5.74) is -14.0. The largest absolute Gasteiger partial charge is 0.460 e. The number of hydrogen-bond donors (Lipinski definition) is 0. The zero-order valence-electron chi connectivity index (χ0n) is 23.9. The highest BCUT2D eigenvalue weighted by atomic mass is 19.4. The molecule has 2 rings (SSSR count). The van der Waals surface area contributed by atoms with Gasteiger partial charge in [0, 0.05) is 6.20 Å². The molecule has 0 radical (unpaired) electrons. The van der Waals surface area contributed by atoms with E-state index in [-0.39, 0.29) is 0 Å². The van der Waals surface area contributed by atoms with Crippen molar-refractivity contribution in [3.05, 3.63) is 53.3 Å². The number of hydrogen-bond acceptors (Lipinski definition) is 1. The van der Waals surface area contributed by atoms with Gasteiger partial charge in [0.15, 0.2) is 0 Å². The van der Waals surface area contributed by atoms with Crippen LogP contribution in [0.5, 0.6) is 0 Å². The average molecular weight is 859 g/mol. The molecular weight excluding hydrogens is 853 g/mol. The third-order valence-electron chi connectivity index (χ3n) is 6.95. The number of aromatic nitrogens is 1. The molecule has 1 aromatic heterocycles. The van der Waals surface area contributed by atoms with Crippen LogP contribution in [0.1, 0.15) is 16.8 Å². The first-order valence-corrected chi connectivity index (χ1v) is 12.4. The van der Waals surface area contributed by atoms with Gasteiger partial charge < -0.3 is 0 Å². The quantitative estimate of drug-likeness (QED) is 0.205. The summed E-state index contributed by atoms with van der Waals surface area (Å²) in [6.07, 6.45) is -23.2. The number of halogens is 29. The van der Waals surface area contributed by atoms with Crippen LogP contribution >= 0.6 is 0 Å². The predicted molar refractivity (Wildman–Crippen MR) is 114 cm³/mol. The van der Waals surface area contributed by atoms with Crippen molar-refractivity contribution >= 4 is 0 Å². The molecule has 0 aliphatic carbocycles. The zero-order chi connectivity index (χ0) is 43.3. The number of benzene rings is 1. The fourth-order valence-corrected chi connectivity index (χ4v) is 3.82. The Morgan fingerprint density at radius 1 is 0.352 bits per heavy atom. The topological polar surface area (TPSA) is 12.9 Å². The second-order valence-corrected chi connectivity index (χ2v) is 10.4. The van der Waals surface area contributed by atoms with Gasteiger partial charge in [-0.25, -0.2) is 0 Å². The van der Waals surface area contributed by atoms with E-state index < -0.39 is 142 Å². The number of rotatable bonds is 11. The lowest BCUT2D eigenvalue weighted by Crippen LogP contribution is -2.69. The maximum absolute atomic E-state index is 15.1. The first kappa shape index (κ1) is 46.5. The van der Waals surface area contributed by atoms with E-state index in [0.29, 0.717) is 0 Å². The molecule has 0 unspecified atom stereocenters. The summed E-state index contributed by atoms with van der Waals surface area (Å²) in [6, 6.07) is -3.36. The maximum atomic E-state index is 15.1. The van der Waals surface area contributed by atoms with Gasteiger partial charge in [0.25, 0.3) is 0 Å². The molecular formula is C24H6F29N. The van der Waals surface area contributed by atoms with Gasteiger partial charge in [0.1, 0.15) is 5.69 Å². The minimum Gasteiger partial charge on any atom is -0.254 e. The van der Waals surface area contributed by atoms with Crippen molar-refractivity contribution < 1.29 is 127 Å². The van der Waals surface area contributed by atoms with Gasteiger partial charge in [-0.1, -0.05) is 12.1 Å². The summed E-state index contributed by atoms with van der Waals surface area (Å²) >= 11 is 0. The van der Waals surface area contributed by atoms with Crippen molar-refractivity contribution in [1.82, 2.24) is 4.98 Å². The van der Waals surface area contributed by atoms with Crippen LogP contribution < -0.4 is 0 Å². The van der Waals surface area contributed by atoms with Crippen LogP contribution in [-0.2, 0) is 18.0 Å². The van der Waals surface area contributed by atoms with E-state index in [4.69, 9.17) is 0 Å². The summed E-state index contributed by atoms with van der Waals surface area (Å²) in [5.74, 6) is -83.5. The minimum absolute atomic E-state index is 0.442. The predicted octanol–water partition coefficient (Wildman–Crippen LogP) is 12.2. The standard InChI is InChI=1S/C24H6F29N/c25-12(26,15(32,33)17(36,37)19(40,41)21(44,45)23(48,49)50)10-6-54-11(5-9(10)7-1-3-8(4-2-7)14(29,30)31)13(27,28)16(34,35)18(38,39)20(42,43)22(46,47)24(51,52)53/h1-6H. The summed E-state index contributed by atoms with van der Waals surface area (Å²) in [5, 5.41) is 0. The Morgan fingerprint density at radius 2 is 0.667 bits per heavy atom. The lowest BCUT2D eigenvalue weighted by Gasteiger charge is -2.40. The summed E-state index contributed by atoms with van der Waals surface area (Å²) in [7, 11) is 0. The van der Waals surface area contributed by atoms with Gasteiger partial charge in [-0.05, 0) is 29.3 Å². The van der Waals surface area contributed by atoms with Crippen LogP contribution in [0.25, 0.3) is 11.1 Å². The lowest BCUT2D eigenvalue weighted by molar-refractivity contribution is -0.442. The maximum Gasteiger partial charge on any atom is 0.460 e. The molecule has 2 aromatic rings. The summed E-state index contributed by atoms with van der Waals surface area (Å²) in [4.78, 5) is 1.61. The SMILES string of the molecule is FC(F)(F)c1ccc(-c2cc(C(F)(F)C(F)(F)C(F)(F)C(F)(F)C(F)(F)C(F)(F)F)ncc2C(F)(F)C(F)(F)C(F)(F)C(F)(F)C(F)(F)C(F)(F)F)cc1. The second-order valence-electron chi connectivity index (χ2n) is 10.4. The van der Waals surface area contributed by atoms with Gasteiger partial charge in [0.2, 0.25) is 0 Å². The fraction of sp³-hybridized carbons (Fsp3) is 0.542. The van der Waals surface area contributed by atoms with Crippen LogP contribution in [0, 0.1) is 0 Å². The molecule has 0 spiro atoms. The average Bonchev–Trinajstić information content (AvgIpc) is 2.98. The molecule has 1 heterocycles. The monoisotopic (exact) mass is 859 g/mol. The number of nitrogens with zero attached hydrogens (tertiary/aromatic N) is 1. The van der Waals surface area contributed by atoms with Crippen LogP contribution in [-0.4, -0.2) is 64.7 Å². The molecule has 1 nitrogen and oxygen atoms in total. The van der Waals surface area contributed by atoms with Gasteiger partial charge in [-0.3, -0.25) is 4.98 Å². The van der Waals surface area contributed by atoms with Crippen LogP contribution in [0.2, 0.25) is 0 Å². The Hall–Kier alpha value is -3.66. The molecule has 0 fully saturated rings. The molecule has 54 heavy (non-hydrogen) atoms. The molecule has 0 saturated heterocycles. The van der Waals surface area contributed by atoms with Crippen molar-refractivity contribution in [3.8, 4) is 11.1 Å². The Labute approximate surface area is 275 Å². The first-order valence-electron chi connectivity index (χ1n) is 12.4. The zero-order valence-corrected chi connectivity index (χ0v) is 23.9.